The van der Waals surface area contributed by atoms with Crippen LogP contribution in [0.2, 0.25) is 0 Å². The number of esters is 1. The number of carbonyl (C=O) groups excluding carboxylic acids is 2. The van der Waals surface area contributed by atoms with Gasteiger partial charge in [-0.2, -0.15) is 4.73 Å². The Bertz CT molecular complexity index is 538. The third-order valence-corrected chi connectivity index (χ3v) is 4.53. The van der Waals surface area contributed by atoms with Crippen molar-refractivity contribution in [3.05, 3.63) is 29.6 Å². The number of hydrogen-bond donors (Lipinski definition) is 0. The largest absolute Gasteiger partial charge is 0.618 e. The third-order valence-electron chi connectivity index (χ3n) is 3.53. The maximum absolute atomic E-state index is 12.3. The lowest BCUT2D eigenvalue weighted by molar-refractivity contribution is -0.645. The van der Waals surface area contributed by atoms with Crippen LogP contribution in [-0.4, -0.2) is 42.2 Å². The fourth-order valence-corrected chi connectivity index (χ4v) is 3.22. The second-order valence-corrected chi connectivity index (χ2v) is 6.08. The standard InChI is InChI=1S/C15H20N2O4S/c1-2-21-15(19)12-6-5-8-16(10-12)13(18)11-22-14-7-3-4-9-17(14)20/h3-4,7,9,12H,2,5-6,8,10-11H2,1H3/t12-/m0/s1. The molecule has 0 saturated carbocycles. The zero-order chi connectivity index (χ0) is 15.9. The Morgan fingerprint density at radius 3 is 3.05 bits per heavy atom. The molecule has 0 aromatic carbocycles. The number of likely N-dealkylation sites (tertiary alicyclic amines) is 1. The highest BCUT2D eigenvalue weighted by molar-refractivity contribution is 7.99. The molecule has 0 N–H and O–H groups in total. The van der Waals surface area contributed by atoms with E-state index in [-0.39, 0.29) is 23.5 Å². The molecule has 0 spiro atoms. The van der Waals surface area contributed by atoms with Gasteiger partial charge < -0.3 is 14.8 Å². The van der Waals surface area contributed by atoms with Crippen LogP contribution < -0.4 is 4.73 Å². The van der Waals surface area contributed by atoms with Crippen molar-refractivity contribution in [2.45, 2.75) is 24.8 Å². The zero-order valence-electron chi connectivity index (χ0n) is 12.6. The van der Waals surface area contributed by atoms with Crippen LogP contribution in [0.4, 0.5) is 0 Å². The van der Waals surface area contributed by atoms with Crippen LogP contribution in [-0.2, 0) is 14.3 Å². The maximum atomic E-state index is 12.3. The summed E-state index contributed by atoms with van der Waals surface area (Å²) in [7, 11) is 0. The molecule has 1 aliphatic rings. The summed E-state index contributed by atoms with van der Waals surface area (Å²) in [6.45, 7) is 3.20. The molecule has 0 radical (unpaired) electrons. The number of thioether (sulfide) groups is 1. The van der Waals surface area contributed by atoms with Gasteiger partial charge in [0.15, 0.2) is 6.20 Å². The van der Waals surface area contributed by atoms with Crippen LogP contribution in [0.5, 0.6) is 0 Å². The quantitative estimate of drug-likeness (QED) is 0.352. The molecule has 22 heavy (non-hydrogen) atoms. The first-order chi connectivity index (χ1) is 10.6. The molecule has 1 aromatic rings. The fourth-order valence-electron chi connectivity index (χ4n) is 2.41. The number of amides is 1. The summed E-state index contributed by atoms with van der Waals surface area (Å²) in [5.74, 6) is -0.318. The average Bonchev–Trinajstić information content (AvgIpc) is 2.54. The highest BCUT2D eigenvalue weighted by Crippen LogP contribution is 2.20. The SMILES string of the molecule is CCOC(=O)[C@H]1CCCN(C(=O)CSc2cccc[n+]2[O-])C1. The van der Waals surface area contributed by atoms with Crippen LogP contribution >= 0.6 is 11.8 Å². The molecule has 1 aliphatic heterocycles. The summed E-state index contributed by atoms with van der Waals surface area (Å²) >= 11 is 1.21. The van der Waals surface area contributed by atoms with Gasteiger partial charge in [-0.15, -0.1) is 0 Å². The highest BCUT2D eigenvalue weighted by atomic mass is 32.2. The minimum absolute atomic E-state index is 0.0529. The van der Waals surface area contributed by atoms with E-state index in [9.17, 15) is 14.8 Å². The molecule has 0 unspecified atom stereocenters. The lowest BCUT2D eigenvalue weighted by atomic mass is 9.98. The summed E-state index contributed by atoms with van der Waals surface area (Å²) in [5.41, 5.74) is 0. The Kier molecular flexibility index (Phi) is 6.06. The van der Waals surface area contributed by atoms with Crippen LogP contribution in [0, 0.1) is 11.1 Å². The Hall–Kier alpha value is -1.76. The van der Waals surface area contributed by atoms with Gasteiger partial charge in [-0.05, 0) is 37.6 Å². The molecule has 1 saturated heterocycles. The summed E-state index contributed by atoms with van der Waals surface area (Å²) in [6.07, 6.45) is 2.96. The van der Waals surface area contributed by atoms with Crippen LogP contribution in [0.1, 0.15) is 19.8 Å². The lowest BCUT2D eigenvalue weighted by Gasteiger charge is -2.31. The number of nitrogens with zero attached hydrogens (tertiary/aromatic N) is 2. The first-order valence-electron chi connectivity index (χ1n) is 7.37. The van der Waals surface area contributed by atoms with Crippen molar-refractivity contribution in [1.29, 1.82) is 0 Å². The molecule has 1 fully saturated rings. The molecule has 0 bridgehead atoms. The molecule has 7 heteroatoms. The van der Waals surface area contributed by atoms with E-state index < -0.39 is 0 Å². The lowest BCUT2D eigenvalue weighted by Crippen LogP contribution is -2.43. The van der Waals surface area contributed by atoms with Gasteiger partial charge in [0.1, 0.15) is 0 Å². The molecule has 1 aromatic heterocycles. The second kappa shape index (κ2) is 8.03. The summed E-state index contributed by atoms with van der Waals surface area (Å²) < 4.78 is 5.77. The van der Waals surface area contributed by atoms with Gasteiger partial charge in [-0.3, -0.25) is 9.59 Å². The molecular formula is C15H20N2O4S. The van der Waals surface area contributed by atoms with Crippen LogP contribution in [0.25, 0.3) is 0 Å². The number of aromatic nitrogens is 1. The van der Waals surface area contributed by atoms with Crippen LogP contribution in [0.3, 0.4) is 0 Å². The van der Waals surface area contributed by atoms with Gasteiger partial charge in [0, 0.05) is 25.2 Å². The smallest absolute Gasteiger partial charge is 0.310 e. The van der Waals surface area contributed by atoms with E-state index in [1.807, 2.05) is 0 Å². The van der Waals surface area contributed by atoms with E-state index in [2.05, 4.69) is 0 Å². The molecule has 1 atom stereocenters. The second-order valence-electron chi connectivity index (χ2n) is 5.08. The number of rotatable bonds is 5. The van der Waals surface area contributed by atoms with E-state index >= 15 is 0 Å². The average molecular weight is 324 g/mol. The zero-order valence-corrected chi connectivity index (χ0v) is 13.4. The van der Waals surface area contributed by atoms with E-state index in [4.69, 9.17) is 4.74 Å². The van der Waals surface area contributed by atoms with Gasteiger partial charge in [0.2, 0.25) is 5.91 Å². The van der Waals surface area contributed by atoms with Crippen molar-refractivity contribution in [2.75, 3.05) is 25.4 Å². The molecule has 2 heterocycles. The van der Waals surface area contributed by atoms with Crippen molar-refractivity contribution in [1.82, 2.24) is 4.90 Å². The van der Waals surface area contributed by atoms with E-state index in [1.165, 1.54) is 18.0 Å². The molecule has 2 rings (SSSR count). The maximum Gasteiger partial charge on any atom is 0.310 e. The first kappa shape index (κ1) is 16.6. The minimum atomic E-state index is -0.233. The first-order valence-corrected chi connectivity index (χ1v) is 8.35. The van der Waals surface area contributed by atoms with E-state index in [0.29, 0.717) is 24.7 Å². The number of ether oxygens (including phenoxy) is 1. The Balaban J connectivity index is 1.87. The third kappa shape index (κ3) is 4.37. The van der Waals surface area contributed by atoms with Gasteiger partial charge in [0.25, 0.3) is 5.03 Å². The van der Waals surface area contributed by atoms with Gasteiger partial charge in [-0.25, -0.2) is 0 Å². The topological polar surface area (TPSA) is 73.5 Å². The number of hydrogen-bond acceptors (Lipinski definition) is 5. The minimum Gasteiger partial charge on any atom is -0.618 e. The molecule has 6 nitrogen and oxygen atoms in total. The normalized spacial score (nSPS) is 18.0. The van der Waals surface area contributed by atoms with Crippen molar-refractivity contribution in [3.63, 3.8) is 0 Å². The number of carbonyl (C=O) groups is 2. The number of pyridine rings is 1. The highest BCUT2D eigenvalue weighted by Gasteiger charge is 2.29. The van der Waals surface area contributed by atoms with Gasteiger partial charge in [0.05, 0.1) is 18.3 Å². The molecule has 1 amide bonds. The number of piperidine rings is 1. The van der Waals surface area contributed by atoms with E-state index in [0.717, 1.165) is 17.6 Å². The Labute approximate surface area is 134 Å². The Morgan fingerprint density at radius 1 is 1.50 bits per heavy atom. The summed E-state index contributed by atoms with van der Waals surface area (Å²) in [5, 5.41) is 12.0. The van der Waals surface area contributed by atoms with Crippen molar-refractivity contribution >= 4 is 23.6 Å². The summed E-state index contributed by atoms with van der Waals surface area (Å²) in [6, 6.07) is 5.09. The van der Waals surface area contributed by atoms with E-state index in [1.54, 1.807) is 30.0 Å². The fraction of sp³-hybridized carbons (Fsp3) is 0.533. The molecule has 120 valence electrons. The van der Waals surface area contributed by atoms with Crippen molar-refractivity contribution in [2.24, 2.45) is 5.92 Å². The van der Waals surface area contributed by atoms with Gasteiger partial charge in [-0.1, -0.05) is 0 Å². The Morgan fingerprint density at radius 2 is 2.32 bits per heavy atom. The summed E-state index contributed by atoms with van der Waals surface area (Å²) in [4.78, 5) is 25.7. The molecular weight excluding hydrogens is 304 g/mol. The molecule has 0 aliphatic carbocycles. The van der Waals surface area contributed by atoms with Crippen molar-refractivity contribution in [3.8, 4) is 0 Å². The monoisotopic (exact) mass is 324 g/mol. The van der Waals surface area contributed by atoms with Gasteiger partial charge >= 0.3 is 5.97 Å². The van der Waals surface area contributed by atoms with Crippen LogP contribution in [0.15, 0.2) is 29.4 Å². The predicted octanol–water partition coefficient (Wildman–Crippen LogP) is 1.21. The predicted molar refractivity (Wildman–Crippen MR) is 82.1 cm³/mol. The van der Waals surface area contributed by atoms with Crippen molar-refractivity contribution < 1.29 is 19.1 Å².